The van der Waals surface area contributed by atoms with Crippen LogP contribution in [0.2, 0.25) is 0 Å². The maximum atomic E-state index is 3.95. The molecule has 1 aromatic heterocycles. The van der Waals surface area contributed by atoms with Crippen molar-refractivity contribution < 1.29 is 0 Å². The summed E-state index contributed by atoms with van der Waals surface area (Å²) < 4.78 is 0. The van der Waals surface area contributed by atoms with Crippen molar-refractivity contribution in [3.63, 3.8) is 0 Å². The molecule has 0 aromatic carbocycles. The summed E-state index contributed by atoms with van der Waals surface area (Å²) in [5, 5.41) is 0.586. The minimum Gasteiger partial charge on any atom is -0.265 e. The zero-order valence-electron chi connectivity index (χ0n) is 6.24. The maximum Gasteiger partial charge on any atom is 0.0270 e. The first-order valence-electron chi connectivity index (χ1n) is 3.27. The van der Waals surface area contributed by atoms with Gasteiger partial charge in [0.05, 0.1) is 0 Å². The highest BCUT2D eigenvalue weighted by atomic mass is 32.2. The summed E-state index contributed by atoms with van der Waals surface area (Å²) in [4.78, 5) is 3.95. The van der Waals surface area contributed by atoms with Gasteiger partial charge in [0.2, 0.25) is 0 Å². The lowest BCUT2D eigenvalue weighted by atomic mass is 10.2. The molecule has 54 valence electrons. The molecule has 0 aliphatic carbocycles. The van der Waals surface area contributed by atoms with E-state index in [0.717, 1.165) is 0 Å². The van der Waals surface area contributed by atoms with E-state index in [0.29, 0.717) is 5.25 Å². The molecular weight excluding hydrogens is 142 g/mol. The molecule has 0 saturated heterocycles. The Morgan fingerprint density at radius 1 is 1.40 bits per heavy atom. The average molecular weight is 153 g/mol. The van der Waals surface area contributed by atoms with Crippen LogP contribution in [0.3, 0.4) is 0 Å². The normalized spacial score (nSPS) is 13.0. The number of aromatic nitrogens is 1. The van der Waals surface area contributed by atoms with Crippen molar-refractivity contribution in [2.45, 2.75) is 12.2 Å². The summed E-state index contributed by atoms with van der Waals surface area (Å²) in [6.45, 7) is 2.19. The summed E-state index contributed by atoms with van der Waals surface area (Å²) in [7, 11) is 0. The third-order valence-electron chi connectivity index (χ3n) is 1.53. The van der Waals surface area contributed by atoms with Gasteiger partial charge in [0.1, 0.15) is 0 Å². The van der Waals surface area contributed by atoms with E-state index in [1.54, 1.807) is 0 Å². The van der Waals surface area contributed by atoms with Crippen molar-refractivity contribution >= 4 is 11.8 Å². The molecule has 0 saturated carbocycles. The van der Waals surface area contributed by atoms with Gasteiger partial charge in [-0.05, 0) is 30.9 Å². The van der Waals surface area contributed by atoms with Crippen LogP contribution in [0.15, 0.2) is 24.5 Å². The van der Waals surface area contributed by atoms with Crippen LogP contribution >= 0.6 is 11.8 Å². The zero-order valence-corrected chi connectivity index (χ0v) is 7.06. The second kappa shape index (κ2) is 3.62. The van der Waals surface area contributed by atoms with Crippen LogP contribution in [-0.4, -0.2) is 11.2 Å². The van der Waals surface area contributed by atoms with Gasteiger partial charge < -0.3 is 0 Å². The highest BCUT2D eigenvalue weighted by Crippen LogP contribution is 2.24. The summed E-state index contributed by atoms with van der Waals surface area (Å²) in [6.07, 6.45) is 5.79. The van der Waals surface area contributed by atoms with E-state index in [4.69, 9.17) is 0 Å². The highest BCUT2D eigenvalue weighted by molar-refractivity contribution is 7.98. The molecule has 0 spiro atoms. The fourth-order valence-corrected chi connectivity index (χ4v) is 1.20. The molecule has 0 aliphatic rings. The third kappa shape index (κ3) is 1.74. The lowest BCUT2D eigenvalue weighted by Gasteiger charge is -2.05. The van der Waals surface area contributed by atoms with E-state index >= 15 is 0 Å². The average Bonchev–Trinajstić information content (AvgIpc) is 2.05. The van der Waals surface area contributed by atoms with Gasteiger partial charge in [-0.25, -0.2) is 0 Å². The van der Waals surface area contributed by atoms with Crippen LogP contribution < -0.4 is 0 Å². The summed E-state index contributed by atoms with van der Waals surface area (Å²) >= 11 is 1.85. The van der Waals surface area contributed by atoms with Crippen molar-refractivity contribution in [2.75, 3.05) is 6.26 Å². The van der Waals surface area contributed by atoms with Crippen molar-refractivity contribution in [3.8, 4) is 0 Å². The van der Waals surface area contributed by atoms with Crippen LogP contribution in [0.25, 0.3) is 0 Å². The molecule has 1 heterocycles. The van der Waals surface area contributed by atoms with Gasteiger partial charge >= 0.3 is 0 Å². The van der Waals surface area contributed by atoms with Gasteiger partial charge in [-0.15, -0.1) is 0 Å². The Morgan fingerprint density at radius 2 is 2.00 bits per heavy atom. The highest BCUT2D eigenvalue weighted by Gasteiger charge is 1.99. The van der Waals surface area contributed by atoms with Crippen LogP contribution in [-0.2, 0) is 0 Å². The molecule has 1 nitrogen and oxygen atoms in total. The van der Waals surface area contributed by atoms with E-state index in [2.05, 4.69) is 30.3 Å². The number of nitrogens with zero attached hydrogens (tertiary/aromatic N) is 1. The summed E-state index contributed by atoms with van der Waals surface area (Å²) in [6, 6.07) is 4.11. The van der Waals surface area contributed by atoms with E-state index in [-0.39, 0.29) is 0 Å². The summed E-state index contributed by atoms with van der Waals surface area (Å²) in [5.41, 5.74) is 1.35. The van der Waals surface area contributed by atoms with Crippen molar-refractivity contribution in [1.29, 1.82) is 0 Å². The zero-order chi connectivity index (χ0) is 7.40. The maximum absolute atomic E-state index is 3.95. The third-order valence-corrected chi connectivity index (χ3v) is 2.51. The molecule has 0 amide bonds. The number of hydrogen-bond acceptors (Lipinski definition) is 2. The van der Waals surface area contributed by atoms with E-state index < -0.39 is 0 Å². The Balaban J connectivity index is 2.75. The lowest BCUT2D eigenvalue weighted by Crippen LogP contribution is -1.85. The number of rotatable bonds is 2. The SMILES string of the molecule is CSC(C)c1ccncc1. The van der Waals surface area contributed by atoms with E-state index in [9.17, 15) is 0 Å². The molecule has 0 bridgehead atoms. The Kier molecular flexibility index (Phi) is 2.75. The van der Waals surface area contributed by atoms with Crippen LogP contribution in [0.5, 0.6) is 0 Å². The Labute approximate surface area is 65.9 Å². The first-order chi connectivity index (χ1) is 4.84. The van der Waals surface area contributed by atoms with Crippen LogP contribution in [0.4, 0.5) is 0 Å². The first-order valence-corrected chi connectivity index (χ1v) is 4.56. The van der Waals surface area contributed by atoms with Gasteiger partial charge in [-0.3, -0.25) is 4.98 Å². The van der Waals surface area contributed by atoms with Gasteiger partial charge in [-0.2, -0.15) is 11.8 Å². The quantitative estimate of drug-likeness (QED) is 0.647. The molecule has 0 radical (unpaired) electrons. The molecule has 0 fully saturated rings. The van der Waals surface area contributed by atoms with Crippen molar-refractivity contribution in [1.82, 2.24) is 4.98 Å². The molecule has 0 N–H and O–H groups in total. The topological polar surface area (TPSA) is 12.9 Å². The standard InChI is InChI=1S/C8H11NS/c1-7(10-2)8-3-5-9-6-4-8/h3-7H,1-2H3. The van der Waals surface area contributed by atoms with E-state index in [1.807, 2.05) is 24.2 Å². The summed E-state index contributed by atoms with van der Waals surface area (Å²) in [5.74, 6) is 0. The Hall–Kier alpha value is -0.500. The molecule has 10 heavy (non-hydrogen) atoms. The largest absolute Gasteiger partial charge is 0.265 e. The molecule has 1 atom stereocenters. The van der Waals surface area contributed by atoms with Gasteiger partial charge in [0, 0.05) is 17.6 Å². The minimum atomic E-state index is 0.586. The second-order valence-electron chi connectivity index (χ2n) is 2.16. The van der Waals surface area contributed by atoms with E-state index in [1.165, 1.54) is 5.56 Å². The Morgan fingerprint density at radius 3 is 2.50 bits per heavy atom. The fourth-order valence-electron chi connectivity index (χ4n) is 0.771. The Bertz CT molecular complexity index is 186. The molecule has 1 unspecified atom stereocenters. The second-order valence-corrected chi connectivity index (χ2v) is 3.34. The number of hydrogen-bond donors (Lipinski definition) is 0. The number of thioether (sulfide) groups is 1. The van der Waals surface area contributed by atoms with Crippen molar-refractivity contribution in [2.24, 2.45) is 0 Å². The lowest BCUT2D eigenvalue weighted by molar-refractivity contribution is 1.09. The monoisotopic (exact) mass is 153 g/mol. The van der Waals surface area contributed by atoms with Gasteiger partial charge in [0.25, 0.3) is 0 Å². The minimum absolute atomic E-state index is 0.586. The molecule has 1 aromatic rings. The van der Waals surface area contributed by atoms with Gasteiger partial charge in [-0.1, -0.05) is 0 Å². The molecule has 1 rings (SSSR count). The number of pyridine rings is 1. The predicted octanol–water partition coefficient (Wildman–Crippen LogP) is 2.51. The molecular formula is C8H11NS. The fraction of sp³-hybridized carbons (Fsp3) is 0.375. The molecule has 0 aliphatic heterocycles. The smallest absolute Gasteiger partial charge is 0.0270 e. The van der Waals surface area contributed by atoms with Crippen molar-refractivity contribution in [3.05, 3.63) is 30.1 Å². The molecule has 2 heteroatoms. The van der Waals surface area contributed by atoms with Crippen LogP contribution in [0, 0.1) is 0 Å². The van der Waals surface area contributed by atoms with Crippen LogP contribution in [0.1, 0.15) is 17.7 Å². The van der Waals surface area contributed by atoms with Gasteiger partial charge in [0.15, 0.2) is 0 Å². The first kappa shape index (κ1) is 7.61. The predicted molar refractivity (Wildman–Crippen MR) is 46.2 cm³/mol.